The minimum atomic E-state index is -3.83. The summed E-state index contributed by atoms with van der Waals surface area (Å²) in [5.41, 5.74) is 0.494. The summed E-state index contributed by atoms with van der Waals surface area (Å²) >= 11 is 0. The molecule has 0 saturated carbocycles. The van der Waals surface area contributed by atoms with Crippen molar-refractivity contribution in [2.24, 2.45) is 0 Å². The van der Waals surface area contributed by atoms with Crippen molar-refractivity contribution in [2.75, 3.05) is 13.1 Å². The molecule has 1 aromatic carbocycles. The van der Waals surface area contributed by atoms with Crippen LogP contribution >= 0.6 is 0 Å². The van der Waals surface area contributed by atoms with Gasteiger partial charge in [0.2, 0.25) is 10.0 Å². The molecule has 0 unspecified atom stereocenters. The Bertz CT molecular complexity index is 842. The van der Waals surface area contributed by atoms with E-state index in [-0.39, 0.29) is 28.6 Å². The highest BCUT2D eigenvalue weighted by Gasteiger charge is 2.23. The lowest BCUT2D eigenvalue weighted by atomic mass is 10.2. The molecule has 1 fully saturated rings. The van der Waals surface area contributed by atoms with E-state index in [1.54, 1.807) is 11.0 Å². The SMILES string of the molecule is O=C(c1cc(S(=O)(=O)NCc2ccccc2F)c[nH]1)N1CCCC1. The van der Waals surface area contributed by atoms with E-state index in [9.17, 15) is 17.6 Å². The molecule has 2 aromatic rings. The first-order valence-electron chi connectivity index (χ1n) is 7.68. The van der Waals surface area contributed by atoms with Crippen LogP contribution < -0.4 is 4.72 Å². The van der Waals surface area contributed by atoms with Crippen molar-refractivity contribution >= 4 is 15.9 Å². The Morgan fingerprint density at radius 2 is 1.96 bits per heavy atom. The van der Waals surface area contributed by atoms with Gasteiger partial charge in [0.05, 0.1) is 0 Å². The maximum atomic E-state index is 13.6. The van der Waals surface area contributed by atoms with E-state index in [1.807, 2.05) is 0 Å². The highest BCUT2D eigenvalue weighted by molar-refractivity contribution is 7.89. The molecule has 1 saturated heterocycles. The summed E-state index contributed by atoms with van der Waals surface area (Å²) in [6, 6.07) is 7.26. The molecule has 0 bridgehead atoms. The van der Waals surface area contributed by atoms with E-state index in [2.05, 4.69) is 9.71 Å². The van der Waals surface area contributed by atoms with E-state index in [1.165, 1.54) is 30.5 Å². The molecule has 128 valence electrons. The number of hydrogen-bond donors (Lipinski definition) is 2. The van der Waals surface area contributed by atoms with Gasteiger partial charge in [-0.05, 0) is 25.0 Å². The van der Waals surface area contributed by atoms with Crippen LogP contribution in [0.4, 0.5) is 4.39 Å². The summed E-state index contributed by atoms with van der Waals surface area (Å²) in [4.78, 5) is 16.6. The van der Waals surface area contributed by atoms with Crippen LogP contribution in [0.2, 0.25) is 0 Å². The number of likely N-dealkylation sites (tertiary alicyclic amines) is 1. The summed E-state index contributed by atoms with van der Waals surface area (Å²) in [6.07, 6.45) is 3.19. The molecule has 2 heterocycles. The fourth-order valence-corrected chi connectivity index (χ4v) is 3.64. The lowest BCUT2D eigenvalue weighted by Gasteiger charge is -2.13. The minimum Gasteiger partial charge on any atom is -0.356 e. The summed E-state index contributed by atoms with van der Waals surface area (Å²) in [5, 5.41) is 0. The first-order chi connectivity index (χ1) is 11.5. The Balaban J connectivity index is 1.71. The van der Waals surface area contributed by atoms with Gasteiger partial charge in [-0.25, -0.2) is 17.5 Å². The van der Waals surface area contributed by atoms with Crippen molar-refractivity contribution in [2.45, 2.75) is 24.3 Å². The number of rotatable bonds is 5. The van der Waals surface area contributed by atoms with Gasteiger partial charge in [0.1, 0.15) is 16.4 Å². The number of carbonyl (C=O) groups is 1. The van der Waals surface area contributed by atoms with Crippen LogP contribution in [0.25, 0.3) is 0 Å². The van der Waals surface area contributed by atoms with Crippen LogP contribution in [0.3, 0.4) is 0 Å². The average molecular weight is 351 g/mol. The van der Waals surface area contributed by atoms with Crippen molar-refractivity contribution in [3.8, 4) is 0 Å². The van der Waals surface area contributed by atoms with Crippen LogP contribution in [0.5, 0.6) is 0 Å². The Morgan fingerprint density at radius 1 is 1.25 bits per heavy atom. The fourth-order valence-electron chi connectivity index (χ4n) is 2.64. The number of amides is 1. The van der Waals surface area contributed by atoms with Crippen molar-refractivity contribution in [1.29, 1.82) is 0 Å². The number of nitrogens with one attached hydrogen (secondary N) is 2. The predicted molar refractivity (Wildman–Crippen MR) is 86.4 cm³/mol. The normalized spacial score (nSPS) is 15.0. The van der Waals surface area contributed by atoms with Gasteiger partial charge in [-0.2, -0.15) is 0 Å². The van der Waals surface area contributed by atoms with E-state index in [0.29, 0.717) is 13.1 Å². The summed E-state index contributed by atoms with van der Waals surface area (Å²) in [6.45, 7) is 1.21. The van der Waals surface area contributed by atoms with E-state index in [0.717, 1.165) is 12.8 Å². The van der Waals surface area contributed by atoms with Gasteiger partial charge in [0.25, 0.3) is 5.91 Å². The first kappa shape index (κ1) is 16.7. The van der Waals surface area contributed by atoms with Crippen molar-refractivity contribution < 1.29 is 17.6 Å². The molecule has 0 spiro atoms. The van der Waals surface area contributed by atoms with Gasteiger partial charge in [-0.15, -0.1) is 0 Å². The van der Waals surface area contributed by atoms with Crippen molar-refractivity contribution in [3.63, 3.8) is 0 Å². The van der Waals surface area contributed by atoms with Crippen LogP contribution in [0.1, 0.15) is 28.9 Å². The first-order valence-corrected chi connectivity index (χ1v) is 9.16. The number of H-pyrrole nitrogens is 1. The standard InChI is InChI=1S/C16H18FN3O3S/c17-14-6-2-1-5-12(14)10-19-24(22,23)13-9-15(18-11-13)16(21)20-7-3-4-8-20/h1-2,5-6,9,11,18-19H,3-4,7-8,10H2. The van der Waals surface area contributed by atoms with Gasteiger partial charge in [-0.1, -0.05) is 18.2 Å². The second kappa shape index (κ2) is 6.74. The molecule has 24 heavy (non-hydrogen) atoms. The second-order valence-electron chi connectivity index (χ2n) is 5.66. The zero-order valence-electron chi connectivity index (χ0n) is 13.0. The maximum Gasteiger partial charge on any atom is 0.270 e. The Labute approximate surface area is 139 Å². The Hall–Kier alpha value is -2.19. The number of nitrogens with zero attached hydrogens (tertiary/aromatic N) is 1. The third-order valence-corrected chi connectivity index (χ3v) is 5.38. The van der Waals surface area contributed by atoms with Crippen molar-refractivity contribution in [1.82, 2.24) is 14.6 Å². The number of hydrogen-bond acceptors (Lipinski definition) is 3. The summed E-state index contributed by atoms with van der Waals surface area (Å²) in [5.74, 6) is -0.678. The van der Waals surface area contributed by atoms with Crippen LogP contribution in [0, 0.1) is 5.82 Å². The predicted octanol–water partition coefficient (Wildman–Crippen LogP) is 1.87. The van der Waals surface area contributed by atoms with Crippen molar-refractivity contribution in [3.05, 3.63) is 53.6 Å². The van der Waals surface area contributed by atoms with Gasteiger partial charge in [0, 0.05) is 31.4 Å². The quantitative estimate of drug-likeness (QED) is 0.863. The van der Waals surface area contributed by atoms with E-state index >= 15 is 0 Å². The molecular formula is C16H18FN3O3S. The number of aromatic nitrogens is 1. The molecule has 6 nitrogen and oxygen atoms in total. The molecule has 0 radical (unpaired) electrons. The molecule has 1 aliphatic heterocycles. The number of halogens is 1. The molecule has 2 N–H and O–H groups in total. The second-order valence-corrected chi connectivity index (χ2v) is 7.43. The molecule has 0 atom stereocenters. The lowest BCUT2D eigenvalue weighted by Crippen LogP contribution is -2.27. The third-order valence-electron chi connectivity index (χ3n) is 4.00. The minimum absolute atomic E-state index is 0.0404. The lowest BCUT2D eigenvalue weighted by molar-refractivity contribution is 0.0787. The van der Waals surface area contributed by atoms with Gasteiger partial charge < -0.3 is 9.88 Å². The van der Waals surface area contributed by atoms with Crippen LogP contribution in [0.15, 0.2) is 41.4 Å². The molecular weight excluding hydrogens is 333 g/mol. The molecule has 3 rings (SSSR count). The smallest absolute Gasteiger partial charge is 0.270 e. The van der Waals surface area contributed by atoms with Gasteiger partial charge in [-0.3, -0.25) is 4.79 Å². The highest BCUT2D eigenvalue weighted by Crippen LogP contribution is 2.16. The summed E-state index contributed by atoms with van der Waals surface area (Å²) in [7, 11) is -3.83. The highest BCUT2D eigenvalue weighted by atomic mass is 32.2. The summed E-state index contributed by atoms with van der Waals surface area (Å²) < 4.78 is 40.5. The monoisotopic (exact) mass is 351 g/mol. The Morgan fingerprint density at radius 3 is 2.67 bits per heavy atom. The maximum absolute atomic E-state index is 13.6. The third kappa shape index (κ3) is 3.49. The molecule has 1 aromatic heterocycles. The number of aromatic amines is 1. The van der Waals surface area contributed by atoms with E-state index in [4.69, 9.17) is 0 Å². The fraction of sp³-hybridized carbons (Fsp3) is 0.312. The van der Waals surface area contributed by atoms with Gasteiger partial charge >= 0.3 is 0 Å². The topological polar surface area (TPSA) is 82.3 Å². The molecule has 8 heteroatoms. The largest absolute Gasteiger partial charge is 0.356 e. The molecule has 0 aliphatic carbocycles. The number of sulfonamides is 1. The Kier molecular flexibility index (Phi) is 4.68. The zero-order valence-corrected chi connectivity index (χ0v) is 13.8. The van der Waals surface area contributed by atoms with Crippen LogP contribution in [-0.4, -0.2) is 37.3 Å². The molecule has 1 amide bonds. The average Bonchev–Trinajstić information content (AvgIpc) is 3.25. The van der Waals surface area contributed by atoms with Gasteiger partial charge in [0.15, 0.2) is 0 Å². The number of carbonyl (C=O) groups excluding carboxylic acids is 1. The molecule has 1 aliphatic rings. The number of benzene rings is 1. The zero-order chi connectivity index (χ0) is 17.2. The van der Waals surface area contributed by atoms with Crippen LogP contribution in [-0.2, 0) is 16.6 Å². The van der Waals surface area contributed by atoms with E-state index < -0.39 is 15.8 Å².